The third-order valence-corrected chi connectivity index (χ3v) is 2.95. The Morgan fingerprint density at radius 3 is 2.56 bits per heavy atom. The molecule has 0 N–H and O–H groups in total. The van der Waals surface area contributed by atoms with Crippen molar-refractivity contribution in [2.75, 3.05) is 0 Å². The first kappa shape index (κ1) is 12.9. The second-order valence-electron chi connectivity index (χ2n) is 4.23. The molecule has 2 aliphatic rings. The minimum absolute atomic E-state index is 0.866. The fraction of sp³-hybridized carbons (Fsp3) is 0.308. The summed E-state index contributed by atoms with van der Waals surface area (Å²) < 4.78 is 0. The number of allylic oxidation sites excluding steroid dienone is 1. The van der Waals surface area contributed by atoms with Gasteiger partial charge >= 0.3 is 37.7 Å². The molecule has 0 heterocycles. The first-order chi connectivity index (χ1) is 7.76. The molecule has 1 aromatic rings. The SMILES string of the molecule is CC1=Cc2c(cccc2C2CC2)[CH]1.[Cl][Hf][Cl]. The zero-order chi connectivity index (χ0) is 11.5. The van der Waals surface area contributed by atoms with E-state index < -0.39 is 20.5 Å². The second-order valence-corrected chi connectivity index (χ2v) is 9.42. The van der Waals surface area contributed by atoms with Crippen molar-refractivity contribution in [3.05, 3.63) is 46.9 Å². The summed E-state index contributed by atoms with van der Waals surface area (Å²) >= 11 is -0.972. The fourth-order valence-electron chi connectivity index (χ4n) is 2.16. The summed E-state index contributed by atoms with van der Waals surface area (Å²) in [5, 5.41) is 0. The Morgan fingerprint density at radius 1 is 1.25 bits per heavy atom. The van der Waals surface area contributed by atoms with Crippen LogP contribution < -0.4 is 0 Å². The number of halogens is 2. The molecular weight excluding hydrogens is 406 g/mol. The molecule has 0 aromatic heterocycles. The Morgan fingerprint density at radius 2 is 1.94 bits per heavy atom. The van der Waals surface area contributed by atoms with E-state index in [0.29, 0.717) is 0 Å². The minimum atomic E-state index is -0.972. The van der Waals surface area contributed by atoms with Crippen LogP contribution in [0.4, 0.5) is 0 Å². The number of hydrogen-bond acceptors (Lipinski definition) is 0. The summed E-state index contributed by atoms with van der Waals surface area (Å²) in [7, 11) is 9.92. The van der Waals surface area contributed by atoms with Crippen LogP contribution in [0.25, 0.3) is 6.08 Å². The van der Waals surface area contributed by atoms with Gasteiger partial charge in [0.15, 0.2) is 0 Å². The molecule has 0 aliphatic heterocycles. The zero-order valence-electron chi connectivity index (χ0n) is 9.13. The maximum atomic E-state index is 4.96. The van der Waals surface area contributed by atoms with Crippen LogP contribution in [-0.4, -0.2) is 0 Å². The maximum absolute atomic E-state index is 4.96. The van der Waals surface area contributed by atoms with Crippen molar-refractivity contribution in [3.8, 4) is 0 Å². The van der Waals surface area contributed by atoms with Crippen LogP contribution >= 0.6 is 17.2 Å². The van der Waals surface area contributed by atoms with Crippen LogP contribution in [0.3, 0.4) is 0 Å². The van der Waals surface area contributed by atoms with E-state index in [1.807, 2.05) is 0 Å². The molecule has 83 valence electrons. The Kier molecular flexibility index (Phi) is 4.69. The molecule has 0 spiro atoms. The average molecular weight is 419 g/mol. The first-order valence-electron chi connectivity index (χ1n) is 5.38. The molecule has 1 radical (unpaired) electrons. The van der Waals surface area contributed by atoms with Gasteiger partial charge in [-0.05, 0) is 42.4 Å². The molecule has 1 saturated carbocycles. The molecule has 0 saturated heterocycles. The molecular formula is C13H13Cl2Hf. The molecule has 16 heavy (non-hydrogen) atoms. The van der Waals surface area contributed by atoms with E-state index in [1.54, 1.807) is 5.56 Å². The Balaban J connectivity index is 0.000000292. The van der Waals surface area contributed by atoms with Crippen molar-refractivity contribution in [1.29, 1.82) is 0 Å². The van der Waals surface area contributed by atoms with Gasteiger partial charge in [0, 0.05) is 6.42 Å². The van der Waals surface area contributed by atoms with Crippen molar-refractivity contribution in [3.63, 3.8) is 0 Å². The average Bonchev–Trinajstić information content (AvgIpc) is 3.00. The van der Waals surface area contributed by atoms with Gasteiger partial charge in [0.1, 0.15) is 0 Å². The summed E-state index contributed by atoms with van der Waals surface area (Å²) in [6, 6.07) is 6.70. The molecule has 0 amide bonds. The van der Waals surface area contributed by atoms with Gasteiger partial charge in [0.25, 0.3) is 0 Å². The van der Waals surface area contributed by atoms with Crippen molar-refractivity contribution < 1.29 is 20.5 Å². The van der Waals surface area contributed by atoms with E-state index in [4.69, 9.17) is 17.2 Å². The van der Waals surface area contributed by atoms with E-state index in [0.717, 1.165) is 5.92 Å². The predicted octanol–water partition coefficient (Wildman–Crippen LogP) is 4.91. The standard InChI is InChI=1S/C13H13.2ClH.Hf/c1-9-7-11-3-2-4-12(10-5-6-10)13(11)8-9;;;/h2-4,7-8,10H,5-6H2,1H3;2*1H;/q;;;+2/p-2. The fourth-order valence-corrected chi connectivity index (χ4v) is 2.16. The summed E-state index contributed by atoms with van der Waals surface area (Å²) in [5.74, 6) is 0.866. The number of hydrogen-bond donors (Lipinski definition) is 0. The molecule has 0 nitrogen and oxygen atoms in total. The van der Waals surface area contributed by atoms with Crippen molar-refractivity contribution >= 4 is 23.2 Å². The molecule has 0 atom stereocenters. The normalized spacial score (nSPS) is 17.1. The van der Waals surface area contributed by atoms with Crippen LogP contribution in [0, 0.1) is 6.42 Å². The topological polar surface area (TPSA) is 0 Å². The van der Waals surface area contributed by atoms with Gasteiger partial charge in [0.2, 0.25) is 0 Å². The van der Waals surface area contributed by atoms with Gasteiger partial charge in [-0.25, -0.2) is 0 Å². The third-order valence-electron chi connectivity index (χ3n) is 2.95. The Labute approximate surface area is 116 Å². The quantitative estimate of drug-likeness (QED) is 0.569. The van der Waals surface area contributed by atoms with E-state index in [2.05, 4.69) is 37.6 Å². The van der Waals surface area contributed by atoms with Crippen LogP contribution in [0.2, 0.25) is 0 Å². The predicted molar refractivity (Wildman–Crippen MR) is 67.2 cm³/mol. The van der Waals surface area contributed by atoms with E-state index in [9.17, 15) is 0 Å². The van der Waals surface area contributed by atoms with Gasteiger partial charge in [0.05, 0.1) is 0 Å². The number of rotatable bonds is 1. The van der Waals surface area contributed by atoms with Crippen molar-refractivity contribution in [2.45, 2.75) is 25.7 Å². The van der Waals surface area contributed by atoms with Gasteiger partial charge in [-0.2, -0.15) is 0 Å². The van der Waals surface area contributed by atoms with Gasteiger partial charge in [-0.3, -0.25) is 0 Å². The van der Waals surface area contributed by atoms with E-state index in [-0.39, 0.29) is 0 Å². The molecule has 3 heteroatoms. The number of benzene rings is 1. The molecule has 1 fully saturated rings. The van der Waals surface area contributed by atoms with Gasteiger partial charge < -0.3 is 0 Å². The molecule has 1 aromatic carbocycles. The van der Waals surface area contributed by atoms with Crippen LogP contribution in [0.1, 0.15) is 42.4 Å². The van der Waals surface area contributed by atoms with Crippen molar-refractivity contribution in [2.24, 2.45) is 0 Å². The second kappa shape index (κ2) is 5.84. The summed E-state index contributed by atoms with van der Waals surface area (Å²) in [4.78, 5) is 0. The van der Waals surface area contributed by atoms with Gasteiger partial charge in [-0.1, -0.05) is 29.8 Å². The van der Waals surface area contributed by atoms with Crippen LogP contribution in [0.15, 0.2) is 23.8 Å². The third kappa shape index (κ3) is 3.00. The summed E-state index contributed by atoms with van der Waals surface area (Å²) in [6.07, 6.45) is 7.39. The van der Waals surface area contributed by atoms with Crippen LogP contribution in [-0.2, 0) is 20.5 Å². The molecule has 2 aliphatic carbocycles. The summed E-state index contributed by atoms with van der Waals surface area (Å²) in [5.41, 5.74) is 5.87. The molecule has 3 rings (SSSR count). The molecule has 0 unspecified atom stereocenters. The van der Waals surface area contributed by atoms with Crippen molar-refractivity contribution in [1.82, 2.24) is 0 Å². The Hall–Kier alpha value is 0.410. The van der Waals surface area contributed by atoms with E-state index >= 15 is 0 Å². The zero-order valence-corrected chi connectivity index (χ0v) is 14.2. The monoisotopic (exact) mass is 419 g/mol. The number of fused-ring (bicyclic) bond motifs is 1. The van der Waals surface area contributed by atoms with E-state index in [1.165, 1.54) is 29.5 Å². The van der Waals surface area contributed by atoms with Crippen LogP contribution in [0.5, 0.6) is 0 Å². The molecule has 0 bridgehead atoms. The Bertz CT molecular complexity index is 408. The summed E-state index contributed by atoms with van der Waals surface area (Å²) in [6.45, 7) is 2.18. The first-order valence-corrected chi connectivity index (χ1v) is 14.3. The van der Waals surface area contributed by atoms with Gasteiger partial charge in [-0.15, -0.1) is 0 Å².